The molecule has 0 spiro atoms. The first kappa shape index (κ1) is 23.1. The monoisotopic (exact) mass is 433 g/mol. The van der Waals surface area contributed by atoms with E-state index < -0.39 is 20.7 Å². The second kappa shape index (κ2) is 9.07. The number of nitrogens with one attached hydrogen (secondary N) is 1. The van der Waals surface area contributed by atoms with Crippen molar-refractivity contribution in [1.29, 1.82) is 0 Å². The Kier molecular flexibility index (Phi) is 7.47. The maximum atomic E-state index is 14.2. The minimum atomic E-state index is -3.98. The molecule has 0 atom stereocenters. The van der Waals surface area contributed by atoms with Gasteiger partial charge in [0.15, 0.2) is 5.82 Å². The SMILES string of the molecule is CN(C)CC(C)(C)CNC(=O)C1CCN(S(=O)(=O)c2cccc(Cl)c2F)CC1. The van der Waals surface area contributed by atoms with Crippen molar-refractivity contribution < 1.29 is 17.6 Å². The molecule has 1 aliphatic rings. The molecule has 9 heteroatoms. The van der Waals surface area contributed by atoms with Crippen molar-refractivity contribution in [2.45, 2.75) is 31.6 Å². The van der Waals surface area contributed by atoms with E-state index in [9.17, 15) is 17.6 Å². The van der Waals surface area contributed by atoms with Gasteiger partial charge in [-0.25, -0.2) is 12.8 Å². The Bertz CT molecular complexity index is 807. The summed E-state index contributed by atoms with van der Waals surface area (Å²) in [6, 6.07) is 3.93. The average Bonchev–Trinajstić information content (AvgIpc) is 2.61. The van der Waals surface area contributed by atoms with Crippen LogP contribution in [0.5, 0.6) is 0 Å². The maximum absolute atomic E-state index is 14.2. The molecular formula is C19H29ClFN3O3S. The molecule has 6 nitrogen and oxygen atoms in total. The van der Waals surface area contributed by atoms with Crippen LogP contribution in [-0.4, -0.2) is 63.8 Å². The molecule has 0 unspecified atom stereocenters. The largest absolute Gasteiger partial charge is 0.355 e. The van der Waals surface area contributed by atoms with Gasteiger partial charge >= 0.3 is 0 Å². The van der Waals surface area contributed by atoms with E-state index in [0.29, 0.717) is 19.4 Å². The molecule has 1 amide bonds. The number of sulfonamides is 1. The van der Waals surface area contributed by atoms with E-state index in [1.807, 2.05) is 14.1 Å². The van der Waals surface area contributed by atoms with Crippen LogP contribution in [-0.2, 0) is 14.8 Å². The third kappa shape index (κ3) is 5.65. The zero-order chi connectivity index (χ0) is 21.1. The van der Waals surface area contributed by atoms with Crippen molar-refractivity contribution in [3.05, 3.63) is 29.0 Å². The highest BCUT2D eigenvalue weighted by Gasteiger charge is 2.34. The number of hydrogen-bond donors (Lipinski definition) is 1. The fourth-order valence-corrected chi connectivity index (χ4v) is 5.35. The van der Waals surface area contributed by atoms with E-state index in [4.69, 9.17) is 11.6 Å². The van der Waals surface area contributed by atoms with Crippen molar-refractivity contribution in [3.63, 3.8) is 0 Å². The van der Waals surface area contributed by atoms with E-state index in [-0.39, 0.29) is 35.4 Å². The van der Waals surface area contributed by atoms with Gasteiger partial charge in [0, 0.05) is 32.1 Å². The second-order valence-electron chi connectivity index (χ2n) is 8.35. The topological polar surface area (TPSA) is 69.7 Å². The smallest absolute Gasteiger partial charge is 0.246 e. The van der Waals surface area contributed by atoms with Crippen LogP contribution in [0.1, 0.15) is 26.7 Å². The fourth-order valence-electron chi connectivity index (χ4n) is 3.56. The molecule has 0 radical (unpaired) electrons. The van der Waals surface area contributed by atoms with Gasteiger partial charge in [-0.2, -0.15) is 4.31 Å². The van der Waals surface area contributed by atoms with Gasteiger partial charge in [0.25, 0.3) is 0 Å². The molecule has 2 rings (SSSR count). The summed E-state index contributed by atoms with van der Waals surface area (Å²) >= 11 is 5.71. The summed E-state index contributed by atoms with van der Waals surface area (Å²) in [5, 5.41) is 2.76. The number of hydrogen-bond acceptors (Lipinski definition) is 4. The summed E-state index contributed by atoms with van der Waals surface area (Å²) < 4.78 is 40.8. The molecule has 0 bridgehead atoms. The van der Waals surface area contributed by atoms with E-state index in [2.05, 4.69) is 24.1 Å². The number of benzene rings is 1. The second-order valence-corrected chi connectivity index (χ2v) is 10.7. The van der Waals surface area contributed by atoms with Gasteiger partial charge in [0.2, 0.25) is 15.9 Å². The molecule has 0 aliphatic carbocycles. The number of nitrogens with zero attached hydrogens (tertiary/aromatic N) is 2. The third-order valence-electron chi connectivity index (χ3n) is 4.84. The van der Waals surface area contributed by atoms with Gasteiger partial charge in [0.1, 0.15) is 4.90 Å². The number of halogens is 2. The lowest BCUT2D eigenvalue weighted by Gasteiger charge is -2.32. The Balaban J connectivity index is 1.95. The maximum Gasteiger partial charge on any atom is 0.246 e. The van der Waals surface area contributed by atoms with Crippen LogP contribution in [0.15, 0.2) is 23.1 Å². The highest BCUT2D eigenvalue weighted by molar-refractivity contribution is 7.89. The fraction of sp³-hybridized carbons (Fsp3) is 0.632. The van der Waals surface area contributed by atoms with Crippen LogP contribution in [0.25, 0.3) is 0 Å². The normalized spacial score (nSPS) is 17.1. The van der Waals surface area contributed by atoms with E-state index in [1.54, 1.807) is 0 Å². The molecule has 1 N–H and O–H groups in total. The predicted octanol–water partition coefficient (Wildman–Crippen LogP) is 2.58. The van der Waals surface area contributed by atoms with Gasteiger partial charge < -0.3 is 10.2 Å². The molecule has 1 aromatic rings. The lowest BCUT2D eigenvalue weighted by molar-refractivity contribution is -0.126. The Morgan fingerprint density at radius 2 is 1.93 bits per heavy atom. The van der Waals surface area contributed by atoms with Gasteiger partial charge in [-0.05, 0) is 44.5 Å². The molecular weight excluding hydrogens is 405 g/mol. The first-order valence-corrected chi connectivity index (χ1v) is 11.1. The minimum absolute atomic E-state index is 0.0576. The molecule has 1 fully saturated rings. The van der Waals surface area contributed by atoms with E-state index in [0.717, 1.165) is 6.54 Å². The zero-order valence-electron chi connectivity index (χ0n) is 16.8. The Hall–Kier alpha value is -1.22. The Labute approximate surface area is 172 Å². The van der Waals surface area contributed by atoms with Crippen LogP contribution in [0.3, 0.4) is 0 Å². The third-order valence-corrected chi connectivity index (χ3v) is 7.05. The van der Waals surface area contributed by atoms with Gasteiger partial charge in [-0.15, -0.1) is 0 Å². The molecule has 1 aliphatic heterocycles. The van der Waals surface area contributed by atoms with Crippen LogP contribution in [0, 0.1) is 17.2 Å². The quantitative estimate of drug-likeness (QED) is 0.717. The summed E-state index contributed by atoms with van der Waals surface area (Å²) in [6.45, 7) is 5.91. The lowest BCUT2D eigenvalue weighted by atomic mass is 9.91. The van der Waals surface area contributed by atoms with Gasteiger partial charge in [-0.1, -0.05) is 31.5 Å². The standard InChI is InChI=1S/C19H29ClFN3O3S/c1-19(2,13-23(3)4)12-22-18(25)14-8-10-24(11-9-14)28(26,27)16-7-5-6-15(20)17(16)21/h5-7,14H,8-13H2,1-4H3,(H,22,25). The molecule has 0 aromatic heterocycles. The summed E-state index contributed by atoms with van der Waals surface area (Å²) in [5.74, 6) is -1.24. The lowest BCUT2D eigenvalue weighted by Crippen LogP contribution is -2.46. The molecule has 158 valence electrons. The highest BCUT2D eigenvalue weighted by atomic mass is 35.5. The highest BCUT2D eigenvalue weighted by Crippen LogP contribution is 2.28. The Morgan fingerprint density at radius 3 is 2.50 bits per heavy atom. The average molecular weight is 434 g/mol. The van der Waals surface area contributed by atoms with Crippen LogP contribution < -0.4 is 5.32 Å². The van der Waals surface area contributed by atoms with Crippen molar-refractivity contribution in [2.24, 2.45) is 11.3 Å². The van der Waals surface area contributed by atoms with Crippen molar-refractivity contribution in [2.75, 3.05) is 40.3 Å². The minimum Gasteiger partial charge on any atom is -0.355 e. The van der Waals surface area contributed by atoms with E-state index in [1.165, 1.54) is 22.5 Å². The van der Waals surface area contributed by atoms with Crippen molar-refractivity contribution >= 4 is 27.5 Å². The van der Waals surface area contributed by atoms with Crippen LogP contribution in [0.4, 0.5) is 4.39 Å². The van der Waals surface area contributed by atoms with Gasteiger partial charge in [0.05, 0.1) is 5.02 Å². The number of rotatable bonds is 7. The first-order valence-electron chi connectivity index (χ1n) is 9.31. The first-order chi connectivity index (χ1) is 12.9. The summed E-state index contributed by atoms with van der Waals surface area (Å²) in [5.41, 5.74) is -0.0622. The molecule has 0 saturated carbocycles. The van der Waals surface area contributed by atoms with Crippen molar-refractivity contribution in [3.8, 4) is 0 Å². The Morgan fingerprint density at radius 1 is 1.32 bits per heavy atom. The molecule has 1 heterocycles. The zero-order valence-corrected chi connectivity index (χ0v) is 18.4. The van der Waals surface area contributed by atoms with E-state index >= 15 is 0 Å². The van der Waals surface area contributed by atoms with Crippen molar-refractivity contribution in [1.82, 2.24) is 14.5 Å². The number of amides is 1. The number of carbonyl (C=O) groups excluding carboxylic acids is 1. The van der Waals surface area contributed by atoms with Crippen LogP contribution >= 0.6 is 11.6 Å². The molecule has 28 heavy (non-hydrogen) atoms. The van der Waals surface area contributed by atoms with Crippen LogP contribution in [0.2, 0.25) is 5.02 Å². The summed E-state index contributed by atoms with van der Waals surface area (Å²) in [6.07, 6.45) is 0.808. The molecule has 1 aromatic carbocycles. The summed E-state index contributed by atoms with van der Waals surface area (Å²) in [4.78, 5) is 14.1. The summed E-state index contributed by atoms with van der Waals surface area (Å²) in [7, 11) is 0.000471. The number of piperidine rings is 1. The molecule has 1 saturated heterocycles. The number of carbonyl (C=O) groups is 1. The predicted molar refractivity (Wildman–Crippen MR) is 108 cm³/mol. The van der Waals surface area contributed by atoms with Gasteiger partial charge in [-0.3, -0.25) is 4.79 Å².